The second kappa shape index (κ2) is 6.61. The number of hydrogen-bond donors (Lipinski definition) is 0. The predicted molar refractivity (Wildman–Crippen MR) is 86.4 cm³/mol. The molecule has 0 N–H and O–H groups in total. The Morgan fingerprint density at radius 3 is 2.61 bits per heavy atom. The minimum Gasteiger partial charge on any atom is -0.382 e. The van der Waals surface area contributed by atoms with E-state index in [2.05, 4.69) is 5.10 Å². The molecular weight excluding hydrogens is 294 g/mol. The summed E-state index contributed by atoms with van der Waals surface area (Å²) >= 11 is 0. The number of likely N-dealkylation sites (tertiary alicyclic amines) is 1. The van der Waals surface area contributed by atoms with Crippen LogP contribution in [0.2, 0.25) is 0 Å². The number of hydrogen-bond acceptors (Lipinski definition) is 4. The topological polar surface area (TPSA) is 56.6 Å². The van der Waals surface area contributed by atoms with Crippen LogP contribution in [0.5, 0.6) is 0 Å². The molecule has 1 unspecified atom stereocenters. The van der Waals surface area contributed by atoms with Crippen molar-refractivity contribution < 1.29 is 14.3 Å². The molecule has 23 heavy (non-hydrogen) atoms. The molecule has 1 saturated heterocycles. The molecule has 1 aromatic rings. The molecule has 1 spiro atoms. The SMILES string of the molecule is COCCOC1CCC12CCN(C(=O)c1cc(C)nn1C)CC2. The van der Waals surface area contributed by atoms with E-state index < -0.39 is 0 Å². The van der Waals surface area contributed by atoms with Crippen LogP contribution >= 0.6 is 0 Å². The summed E-state index contributed by atoms with van der Waals surface area (Å²) < 4.78 is 12.7. The van der Waals surface area contributed by atoms with Crippen molar-refractivity contribution in [2.75, 3.05) is 33.4 Å². The maximum atomic E-state index is 12.7. The van der Waals surface area contributed by atoms with E-state index in [0.29, 0.717) is 25.0 Å². The van der Waals surface area contributed by atoms with E-state index >= 15 is 0 Å². The Bertz CT molecular complexity index is 561. The highest BCUT2D eigenvalue weighted by Crippen LogP contribution is 2.50. The van der Waals surface area contributed by atoms with Gasteiger partial charge in [0.05, 0.1) is 25.0 Å². The molecule has 0 bridgehead atoms. The molecule has 1 atom stereocenters. The van der Waals surface area contributed by atoms with Crippen LogP contribution in [-0.2, 0) is 16.5 Å². The molecule has 128 valence electrons. The van der Waals surface area contributed by atoms with Crippen molar-refractivity contribution in [3.05, 3.63) is 17.5 Å². The number of rotatable bonds is 5. The van der Waals surface area contributed by atoms with Crippen molar-refractivity contribution in [2.24, 2.45) is 12.5 Å². The Labute approximate surface area is 137 Å². The number of carbonyl (C=O) groups is 1. The van der Waals surface area contributed by atoms with Gasteiger partial charge in [0, 0.05) is 32.7 Å². The highest BCUT2D eigenvalue weighted by Gasteiger charge is 2.49. The summed E-state index contributed by atoms with van der Waals surface area (Å²) in [7, 11) is 3.53. The van der Waals surface area contributed by atoms with Crippen molar-refractivity contribution in [1.29, 1.82) is 0 Å². The molecule has 2 fully saturated rings. The number of aryl methyl sites for hydroxylation is 2. The maximum absolute atomic E-state index is 12.7. The van der Waals surface area contributed by atoms with Gasteiger partial charge >= 0.3 is 0 Å². The number of piperidine rings is 1. The zero-order chi connectivity index (χ0) is 16.4. The minimum absolute atomic E-state index is 0.0964. The van der Waals surface area contributed by atoms with E-state index in [0.717, 1.165) is 38.0 Å². The lowest BCUT2D eigenvalue weighted by Gasteiger charge is -2.53. The van der Waals surface area contributed by atoms with Gasteiger partial charge in [0.2, 0.25) is 0 Å². The van der Waals surface area contributed by atoms with Gasteiger partial charge in [0.25, 0.3) is 5.91 Å². The molecule has 1 aromatic heterocycles. The second-order valence-electron chi connectivity index (χ2n) is 6.84. The maximum Gasteiger partial charge on any atom is 0.272 e. The fourth-order valence-electron chi connectivity index (χ4n) is 3.90. The quantitative estimate of drug-likeness (QED) is 0.776. The first-order valence-electron chi connectivity index (χ1n) is 8.46. The lowest BCUT2D eigenvalue weighted by atomic mass is 9.60. The highest BCUT2D eigenvalue weighted by atomic mass is 16.5. The Hall–Kier alpha value is -1.40. The number of aromatic nitrogens is 2. The van der Waals surface area contributed by atoms with Crippen molar-refractivity contribution >= 4 is 5.91 Å². The zero-order valence-corrected chi connectivity index (χ0v) is 14.4. The molecule has 2 heterocycles. The fraction of sp³-hybridized carbons (Fsp3) is 0.765. The minimum atomic E-state index is 0.0964. The predicted octanol–water partition coefficient (Wildman–Crippen LogP) is 1.78. The van der Waals surface area contributed by atoms with Crippen molar-refractivity contribution in [1.82, 2.24) is 14.7 Å². The van der Waals surface area contributed by atoms with Crippen molar-refractivity contribution in [2.45, 2.75) is 38.7 Å². The van der Waals surface area contributed by atoms with Gasteiger partial charge in [-0.15, -0.1) is 0 Å². The van der Waals surface area contributed by atoms with Gasteiger partial charge in [-0.1, -0.05) is 0 Å². The second-order valence-corrected chi connectivity index (χ2v) is 6.84. The van der Waals surface area contributed by atoms with E-state index in [-0.39, 0.29) is 11.3 Å². The molecule has 0 aromatic carbocycles. The Kier molecular flexibility index (Phi) is 4.73. The Morgan fingerprint density at radius 1 is 1.35 bits per heavy atom. The lowest BCUT2D eigenvalue weighted by molar-refractivity contribution is -0.139. The van der Waals surface area contributed by atoms with Crippen LogP contribution < -0.4 is 0 Å². The molecular formula is C17H27N3O3. The van der Waals surface area contributed by atoms with E-state index in [4.69, 9.17) is 9.47 Å². The largest absolute Gasteiger partial charge is 0.382 e. The van der Waals surface area contributed by atoms with Crippen LogP contribution in [-0.4, -0.2) is 60.1 Å². The first-order valence-corrected chi connectivity index (χ1v) is 8.46. The number of ether oxygens (including phenoxy) is 2. The zero-order valence-electron chi connectivity index (χ0n) is 14.4. The summed E-state index contributed by atoms with van der Waals surface area (Å²) in [5.74, 6) is 0.0964. The number of carbonyl (C=O) groups excluding carboxylic acids is 1. The van der Waals surface area contributed by atoms with Crippen LogP contribution in [0, 0.1) is 12.3 Å². The highest BCUT2D eigenvalue weighted by molar-refractivity contribution is 5.92. The van der Waals surface area contributed by atoms with Crippen LogP contribution in [0.25, 0.3) is 0 Å². The standard InChI is InChI=1S/C17H27N3O3/c1-13-12-14(19(2)18-13)16(21)20-8-6-17(7-9-20)5-4-15(17)23-11-10-22-3/h12,15H,4-11H2,1-3H3. The van der Waals surface area contributed by atoms with Gasteiger partial charge in [-0.2, -0.15) is 5.10 Å². The summed E-state index contributed by atoms with van der Waals surface area (Å²) in [6, 6.07) is 1.87. The van der Waals surface area contributed by atoms with Gasteiger partial charge < -0.3 is 14.4 Å². The average Bonchev–Trinajstić information content (AvgIpc) is 2.88. The first-order chi connectivity index (χ1) is 11.1. The van der Waals surface area contributed by atoms with E-state index in [1.165, 1.54) is 6.42 Å². The smallest absolute Gasteiger partial charge is 0.272 e. The molecule has 1 aliphatic heterocycles. The van der Waals surface area contributed by atoms with E-state index in [1.807, 2.05) is 24.9 Å². The van der Waals surface area contributed by atoms with Crippen molar-refractivity contribution in [3.8, 4) is 0 Å². The average molecular weight is 321 g/mol. The van der Waals surface area contributed by atoms with Gasteiger partial charge in [0.1, 0.15) is 5.69 Å². The van der Waals surface area contributed by atoms with Crippen LogP contribution in [0.15, 0.2) is 6.07 Å². The van der Waals surface area contributed by atoms with Gasteiger partial charge in [-0.3, -0.25) is 9.48 Å². The monoisotopic (exact) mass is 321 g/mol. The normalized spacial score (nSPS) is 23.1. The molecule has 1 amide bonds. The number of nitrogens with zero attached hydrogens (tertiary/aromatic N) is 3. The number of methoxy groups -OCH3 is 1. The first kappa shape index (κ1) is 16.5. The Balaban J connectivity index is 1.56. The summed E-state index contributed by atoms with van der Waals surface area (Å²) in [5, 5.41) is 4.27. The van der Waals surface area contributed by atoms with Crippen molar-refractivity contribution in [3.63, 3.8) is 0 Å². The summed E-state index contributed by atoms with van der Waals surface area (Å²) in [6.07, 6.45) is 4.77. The van der Waals surface area contributed by atoms with Gasteiger partial charge in [-0.05, 0) is 38.7 Å². The van der Waals surface area contributed by atoms with Crippen LogP contribution in [0.1, 0.15) is 41.9 Å². The lowest BCUT2D eigenvalue weighted by Crippen LogP contribution is -2.54. The molecule has 1 saturated carbocycles. The molecule has 6 heteroatoms. The molecule has 6 nitrogen and oxygen atoms in total. The van der Waals surface area contributed by atoms with Crippen LogP contribution in [0.4, 0.5) is 0 Å². The third-order valence-electron chi connectivity index (χ3n) is 5.46. The fourth-order valence-corrected chi connectivity index (χ4v) is 3.90. The number of amides is 1. The summed E-state index contributed by atoms with van der Waals surface area (Å²) in [6.45, 7) is 4.86. The molecule has 2 aliphatic rings. The van der Waals surface area contributed by atoms with Gasteiger partial charge in [0.15, 0.2) is 0 Å². The molecule has 0 radical (unpaired) electrons. The third-order valence-corrected chi connectivity index (χ3v) is 5.46. The molecule has 1 aliphatic carbocycles. The third kappa shape index (κ3) is 3.15. The summed E-state index contributed by atoms with van der Waals surface area (Å²) in [5.41, 5.74) is 1.85. The summed E-state index contributed by atoms with van der Waals surface area (Å²) in [4.78, 5) is 14.6. The molecule has 3 rings (SSSR count). The van der Waals surface area contributed by atoms with E-state index in [1.54, 1.807) is 11.8 Å². The Morgan fingerprint density at radius 2 is 2.09 bits per heavy atom. The van der Waals surface area contributed by atoms with Gasteiger partial charge in [-0.25, -0.2) is 0 Å². The van der Waals surface area contributed by atoms with Crippen LogP contribution in [0.3, 0.4) is 0 Å². The van der Waals surface area contributed by atoms with E-state index in [9.17, 15) is 4.79 Å².